The van der Waals surface area contributed by atoms with Gasteiger partial charge in [0.2, 0.25) is 0 Å². The maximum absolute atomic E-state index is 13.6. The number of hydrogen-bond donors (Lipinski definition) is 2. The molecular formula is C25H32F3N3O. The summed E-state index contributed by atoms with van der Waals surface area (Å²) in [7, 11) is 0. The van der Waals surface area contributed by atoms with Gasteiger partial charge in [-0.25, -0.2) is 0 Å². The first-order valence-electron chi connectivity index (χ1n) is 11.3. The molecule has 7 heteroatoms. The summed E-state index contributed by atoms with van der Waals surface area (Å²) in [4.78, 5) is 2.11. The number of rotatable bonds is 10. The maximum atomic E-state index is 13.6. The quantitative estimate of drug-likeness (QED) is 0.281. The highest BCUT2D eigenvalue weighted by atomic mass is 19.4. The lowest BCUT2D eigenvalue weighted by Crippen LogP contribution is -2.37. The van der Waals surface area contributed by atoms with Gasteiger partial charge >= 0.3 is 6.18 Å². The Morgan fingerprint density at radius 1 is 1.00 bits per heavy atom. The van der Waals surface area contributed by atoms with E-state index >= 15 is 0 Å². The first-order valence-corrected chi connectivity index (χ1v) is 11.3. The lowest BCUT2D eigenvalue weighted by molar-refractivity contribution is -0.139. The molecule has 0 aromatic heterocycles. The predicted octanol–water partition coefficient (Wildman–Crippen LogP) is 5.65. The lowest BCUT2D eigenvalue weighted by atomic mass is 9.95. The molecule has 0 spiro atoms. The molecule has 1 fully saturated rings. The fourth-order valence-corrected chi connectivity index (χ4v) is 4.12. The molecule has 32 heavy (non-hydrogen) atoms. The van der Waals surface area contributed by atoms with Gasteiger partial charge in [0.25, 0.3) is 0 Å². The Morgan fingerprint density at radius 3 is 2.38 bits per heavy atom. The van der Waals surface area contributed by atoms with E-state index in [-0.39, 0.29) is 24.1 Å². The Kier molecular flexibility index (Phi) is 8.56. The summed E-state index contributed by atoms with van der Waals surface area (Å²) < 4.78 is 46.4. The summed E-state index contributed by atoms with van der Waals surface area (Å²) in [6.45, 7) is 2.18. The van der Waals surface area contributed by atoms with E-state index in [4.69, 9.17) is 15.9 Å². The standard InChI is InChI=1S/C25H32F3N3O/c26-25(27,28)22-17-20(18-31-14-12-21(13-15-31)24(29)30)10-11-23(22)32-16-6-2-5-9-19-7-3-1-4-8-19/h1,3-4,7-8,10-11,17,21H,2,5-6,9,12-16,18H2,(H3,29,30). The molecule has 1 saturated heterocycles. The van der Waals surface area contributed by atoms with Gasteiger partial charge < -0.3 is 10.5 Å². The molecule has 2 aromatic carbocycles. The number of nitrogens with one attached hydrogen (secondary N) is 1. The highest BCUT2D eigenvalue weighted by Gasteiger charge is 2.35. The van der Waals surface area contributed by atoms with E-state index in [1.54, 1.807) is 6.07 Å². The minimum Gasteiger partial charge on any atom is -0.493 e. The number of alkyl halides is 3. The summed E-state index contributed by atoms with van der Waals surface area (Å²) in [5.41, 5.74) is 6.75. The van der Waals surface area contributed by atoms with Crippen molar-refractivity contribution in [2.24, 2.45) is 11.7 Å². The molecule has 0 aliphatic carbocycles. The number of unbranched alkanes of at least 4 members (excludes halogenated alkanes) is 2. The van der Waals surface area contributed by atoms with Crippen molar-refractivity contribution in [1.82, 2.24) is 4.90 Å². The van der Waals surface area contributed by atoms with E-state index in [1.165, 1.54) is 17.7 Å². The Balaban J connectivity index is 1.49. The Hall–Kier alpha value is -2.54. The van der Waals surface area contributed by atoms with E-state index in [0.29, 0.717) is 12.1 Å². The van der Waals surface area contributed by atoms with Crippen LogP contribution in [-0.4, -0.2) is 30.4 Å². The van der Waals surface area contributed by atoms with Gasteiger partial charge in [0.1, 0.15) is 5.75 Å². The average molecular weight is 448 g/mol. The molecule has 0 saturated carbocycles. The van der Waals surface area contributed by atoms with Crippen molar-refractivity contribution >= 4 is 5.84 Å². The highest BCUT2D eigenvalue weighted by Crippen LogP contribution is 2.37. The molecule has 1 aliphatic heterocycles. The van der Waals surface area contributed by atoms with Crippen molar-refractivity contribution in [2.75, 3.05) is 19.7 Å². The van der Waals surface area contributed by atoms with E-state index in [0.717, 1.165) is 51.6 Å². The monoisotopic (exact) mass is 447 g/mol. The number of aryl methyl sites for hydroxylation is 1. The van der Waals surface area contributed by atoms with E-state index in [1.807, 2.05) is 18.2 Å². The molecule has 1 aliphatic rings. The predicted molar refractivity (Wildman–Crippen MR) is 121 cm³/mol. The van der Waals surface area contributed by atoms with Crippen molar-refractivity contribution < 1.29 is 17.9 Å². The van der Waals surface area contributed by atoms with Gasteiger partial charge in [0.05, 0.1) is 18.0 Å². The van der Waals surface area contributed by atoms with Gasteiger partial charge in [-0.3, -0.25) is 10.3 Å². The number of benzene rings is 2. The number of ether oxygens (including phenoxy) is 1. The molecule has 2 aromatic rings. The summed E-state index contributed by atoms with van der Waals surface area (Å²) in [6.07, 6.45) is 0.660. The fourth-order valence-electron chi connectivity index (χ4n) is 4.12. The summed E-state index contributed by atoms with van der Waals surface area (Å²) >= 11 is 0. The number of likely N-dealkylation sites (tertiary alicyclic amines) is 1. The van der Waals surface area contributed by atoms with Crippen LogP contribution >= 0.6 is 0 Å². The zero-order valence-corrected chi connectivity index (χ0v) is 18.3. The molecule has 0 radical (unpaired) electrons. The molecule has 0 unspecified atom stereocenters. The minimum atomic E-state index is -4.46. The van der Waals surface area contributed by atoms with Gasteiger partial charge in [-0.2, -0.15) is 13.2 Å². The summed E-state index contributed by atoms with van der Waals surface area (Å²) in [6, 6.07) is 14.5. The Labute approximate surface area is 188 Å². The third kappa shape index (κ3) is 7.26. The van der Waals surface area contributed by atoms with Crippen LogP contribution in [0, 0.1) is 11.3 Å². The zero-order valence-electron chi connectivity index (χ0n) is 18.3. The largest absolute Gasteiger partial charge is 0.493 e. The van der Waals surface area contributed by atoms with Crippen LogP contribution in [0.25, 0.3) is 0 Å². The second-order valence-corrected chi connectivity index (χ2v) is 8.48. The lowest BCUT2D eigenvalue weighted by Gasteiger charge is -2.31. The average Bonchev–Trinajstić information content (AvgIpc) is 2.77. The van der Waals surface area contributed by atoms with Crippen molar-refractivity contribution in [3.8, 4) is 5.75 Å². The van der Waals surface area contributed by atoms with Crippen molar-refractivity contribution in [2.45, 2.75) is 51.2 Å². The number of nitrogens with two attached hydrogens (primary N) is 1. The van der Waals surface area contributed by atoms with E-state index < -0.39 is 11.7 Å². The third-order valence-electron chi connectivity index (χ3n) is 5.99. The zero-order chi connectivity index (χ0) is 23.0. The molecule has 0 atom stereocenters. The van der Waals surface area contributed by atoms with Crippen molar-refractivity contribution in [3.63, 3.8) is 0 Å². The van der Waals surface area contributed by atoms with Crippen LogP contribution in [0.3, 0.4) is 0 Å². The Morgan fingerprint density at radius 2 is 1.72 bits per heavy atom. The minimum absolute atomic E-state index is 0.0838. The molecule has 0 bridgehead atoms. The van der Waals surface area contributed by atoms with Crippen LogP contribution in [0.2, 0.25) is 0 Å². The van der Waals surface area contributed by atoms with Crippen LogP contribution in [0.4, 0.5) is 13.2 Å². The van der Waals surface area contributed by atoms with Gasteiger partial charge in [-0.15, -0.1) is 0 Å². The van der Waals surface area contributed by atoms with Crippen LogP contribution in [0.5, 0.6) is 5.75 Å². The maximum Gasteiger partial charge on any atom is 0.419 e. The number of hydrogen-bond acceptors (Lipinski definition) is 3. The van der Waals surface area contributed by atoms with Crippen LogP contribution in [0.1, 0.15) is 48.8 Å². The Bertz CT molecular complexity index is 862. The molecule has 3 N–H and O–H groups in total. The van der Waals surface area contributed by atoms with Gasteiger partial charge in [0, 0.05) is 12.5 Å². The SMILES string of the molecule is N=C(N)C1CCN(Cc2ccc(OCCCCCc3ccccc3)c(C(F)(F)F)c2)CC1. The first-order chi connectivity index (χ1) is 15.3. The summed E-state index contributed by atoms with van der Waals surface area (Å²) in [5.74, 6) is 0.186. The molecule has 3 rings (SSSR count). The van der Waals surface area contributed by atoms with Crippen LogP contribution in [0.15, 0.2) is 48.5 Å². The van der Waals surface area contributed by atoms with Gasteiger partial charge in [-0.05, 0) is 74.9 Å². The van der Waals surface area contributed by atoms with Crippen molar-refractivity contribution in [3.05, 3.63) is 65.2 Å². The highest BCUT2D eigenvalue weighted by molar-refractivity contribution is 5.79. The van der Waals surface area contributed by atoms with Gasteiger partial charge in [-0.1, -0.05) is 36.4 Å². The number of halogens is 3. The number of nitrogens with zero attached hydrogens (tertiary/aromatic N) is 1. The molecule has 0 amide bonds. The molecule has 1 heterocycles. The second kappa shape index (κ2) is 11.4. The summed E-state index contributed by atoms with van der Waals surface area (Å²) in [5, 5.41) is 7.55. The molecular weight excluding hydrogens is 415 g/mol. The topological polar surface area (TPSA) is 62.3 Å². The molecule has 174 valence electrons. The normalized spacial score (nSPS) is 15.6. The van der Waals surface area contributed by atoms with Gasteiger partial charge in [0.15, 0.2) is 0 Å². The van der Waals surface area contributed by atoms with Crippen LogP contribution < -0.4 is 10.5 Å². The third-order valence-corrected chi connectivity index (χ3v) is 5.99. The first kappa shape index (κ1) is 24.1. The number of piperidine rings is 1. The molecule has 4 nitrogen and oxygen atoms in total. The fraction of sp³-hybridized carbons (Fsp3) is 0.480. The van der Waals surface area contributed by atoms with Crippen molar-refractivity contribution in [1.29, 1.82) is 5.41 Å². The van der Waals surface area contributed by atoms with Crippen LogP contribution in [-0.2, 0) is 19.1 Å². The second-order valence-electron chi connectivity index (χ2n) is 8.48. The van der Waals surface area contributed by atoms with E-state index in [2.05, 4.69) is 17.0 Å². The number of amidine groups is 1. The smallest absolute Gasteiger partial charge is 0.419 e. The van der Waals surface area contributed by atoms with E-state index in [9.17, 15) is 13.2 Å².